The van der Waals surface area contributed by atoms with Gasteiger partial charge in [0.1, 0.15) is 16.9 Å². The van der Waals surface area contributed by atoms with Gasteiger partial charge in [0.15, 0.2) is 5.65 Å². The summed E-state index contributed by atoms with van der Waals surface area (Å²) in [4.78, 5) is 23.1. The average molecular weight is 356 g/mol. The summed E-state index contributed by atoms with van der Waals surface area (Å²) in [6.07, 6.45) is 2.98. The Balaban J connectivity index is 2.06. The molecule has 0 amide bonds. The molecular weight excluding hydrogens is 336 g/mol. The predicted molar refractivity (Wildman–Crippen MR) is 109 cm³/mol. The Bertz CT molecular complexity index is 1390. The lowest BCUT2D eigenvalue weighted by Gasteiger charge is -2.13. The maximum Gasteiger partial charge on any atom is 0.202 e. The lowest BCUT2D eigenvalue weighted by atomic mass is 10.1. The zero-order chi connectivity index (χ0) is 18.5. The number of hydrogen-bond donors (Lipinski definition) is 0. The van der Waals surface area contributed by atoms with E-state index in [1.807, 2.05) is 60.1 Å². The van der Waals surface area contributed by atoms with Crippen molar-refractivity contribution in [2.24, 2.45) is 7.05 Å². The molecule has 2 aromatic carbocycles. The summed E-state index contributed by atoms with van der Waals surface area (Å²) in [5, 5.41) is 1.29. The minimum absolute atomic E-state index is 0.00597. The van der Waals surface area contributed by atoms with Crippen LogP contribution in [0.5, 0.6) is 0 Å². The van der Waals surface area contributed by atoms with Gasteiger partial charge < -0.3 is 4.57 Å². The van der Waals surface area contributed by atoms with Gasteiger partial charge in [-0.15, -0.1) is 0 Å². The fraction of sp³-hybridized carbons (Fsp3) is 0.227. The molecule has 5 aromatic rings. The molecular formula is C22H20N4O. The van der Waals surface area contributed by atoms with E-state index in [4.69, 9.17) is 9.97 Å². The van der Waals surface area contributed by atoms with Gasteiger partial charge >= 0.3 is 0 Å². The van der Waals surface area contributed by atoms with Crippen LogP contribution in [0, 0.1) is 0 Å². The molecule has 0 radical (unpaired) electrons. The molecule has 0 saturated heterocycles. The largest absolute Gasteiger partial charge is 0.328 e. The van der Waals surface area contributed by atoms with Gasteiger partial charge in [-0.2, -0.15) is 0 Å². The van der Waals surface area contributed by atoms with Crippen molar-refractivity contribution in [1.29, 1.82) is 0 Å². The fourth-order valence-corrected chi connectivity index (χ4v) is 3.94. The first-order chi connectivity index (χ1) is 13.2. The first-order valence-electron chi connectivity index (χ1n) is 9.38. The Morgan fingerprint density at radius 3 is 2.48 bits per heavy atom. The minimum Gasteiger partial charge on any atom is -0.328 e. The van der Waals surface area contributed by atoms with Crippen LogP contribution < -0.4 is 5.43 Å². The molecule has 5 nitrogen and oxygen atoms in total. The summed E-state index contributed by atoms with van der Waals surface area (Å²) in [7, 11) is 1.97. The molecule has 0 N–H and O–H groups in total. The normalized spacial score (nSPS) is 11.9. The summed E-state index contributed by atoms with van der Waals surface area (Å²) in [6, 6.07) is 15.7. The molecule has 0 aliphatic rings. The molecule has 0 unspecified atom stereocenters. The lowest BCUT2D eigenvalue weighted by molar-refractivity contribution is 0.745. The molecule has 0 aliphatic carbocycles. The molecule has 0 fully saturated rings. The highest BCUT2D eigenvalue weighted by Gasteiger charge is 2.19. The first kappa shape index (κ1) is 16.0. The van der Waals surface area contributed by atoms with Gasteiger partial charge in [-0.3, -0.25) is 9.20 Å². The number of fused-ring (bicyclic) bond motifs is 6. The van der Waals surface area contributed by atoms with Crippen molar-refractivity contribution in [2.75, 3.05) is 0 Å². The summed E-state index contributed by atoms with van der Waals surface area (Å²) >= 11 is 0. The van der Waals surface area contributed by atoms with Gasteiger partial charge in [-0.1, -0.05) is 37.6 Å². The molecule has 0 spiro atoms. The number of nitrogens with zero attached hydrogens (tertiary/aromatic N) is 4. The van der Waals surface area contributed by atoms with Crippen LogP contribution in [-0.2, 0) is 13.5 Å². The minimum atomic E-state index is -0.00597. The van der Waals surface area contributed by atoms with Crippen molar-refractivity contribution in [1.82, 2.24) is 18.9 Å². The van der Waals surface area contributed by atoms with Gasteiger partial charge in [-0.25, -0.2) is 9.97 Å². The van der Waals surface area contributed by atoms with Crippen LogP contribution in [0.4, 0.5) is 0 Å². The van der Waals surface area contributed by atoms with Crippen LogP contribution in [0.25, 0.3) is 38.6 Å². The SMILES string of the molecule is CCCCc1nc2c(c(=O)c3ccccc3n2C)c2nc3ccccc3n12. The molecule has 3 heterocycles. The number of unbranched alkanes of at least 4 members (excludes halogenated alkanes) is 1. The van der Waals surface area contributed by atoms with Gasteiger partial charge in [0, 0.05) is 18.9 Å². The summed E-state index contributed by atoms with van der Waals surface area (Å²) in [5.41, 5.74) is 4.19. The van der Waals surface area contributed by atoms with Crippen LogP contribution in [0.3, 0.4) is 0 Å². The van der Waals surface area contributed by atoms with Gasteiger partial charge in [0.05, 0.1) is 16.6 Å². The third-order valence-corrected chi connectivity index (χ3v) is 5.31. The van der Waals surface area contributed by atoms with E-state index in [0.29, 0.717) is 22.1 Å². The third-order valence-electron chi connectivity index (χ3n) is 5.31. The highest BCUT2D eigenvalue weighted by atomic mass is 16.1. The molecule has 0 saturated carbocycles. The van der Waals surface area contributed by atoms with Gasteiger partial charge in [0.25, 0.3) is 0 Å². The van der Waals surface area contributed by atoms with E-state index in [2.05, 4.69) is 11.3 Å². The number of aromatic nitrogens is 4. The van der Waals surface area contributed by atoms with E-state index in [0.717, 1.165) is 41.6 Å². The number of pyridine rings is 1. The zero-order valence-corrected chi connectivity index (χ0v) is 15.4. The molecule has 0 atom stereocenters. The van der Waals surface area contributed by atoms with E-state index in [-0.39, 0.29) is 5.43 Å². The number of rotatable bonds is 3. The highest BCUT2D eigenvalue weighted by molar-refractivity contribution is 6.01. The monoisotopic (exact) mass is 356 g/mol. The average Bonchev–Trinajstić information content (AvgIpc) is 3.09. The van der Waals surface area contributed by atoms with Crippen molar-refractivity contribution in [3.05, 3.63) is 64.6 Å². The fourth-order valence-electron chi connectivity index (χ4n) is 3.94. The quantitative estimate of drug-likeness (QED) is 0.455. The third kappa shape index (κ3) is 2.21. The van der Waals surface area contributed by atoms with Crippen LogP contribution >= 0.6 is 0 Å². The van der Waals surface area contributed by atoms with Crippen molar-refractivity contribution in [3.63, 3.8) is 0 Å². The molecule has 27 heavy (non-hydrogen) atoms. The second-order valence-corrected chi connectivity index (χ2v) is 7.00. The summed E-state index contributed by atoms with van der Waals surface area (Å²) in [5.74, 6) is 0.957. The van der Waals surface area contributed by atoms with E-state index in [1.54, 1.807) is 0 Å². The Hall–Kier alpha value is -3.21. The van der Waals surface area contributed by atoms with Gasteiger partial charge in [0.2, 0.25) is 5.43 Å². The molecule has 0 aliphatic heterocycles. The number of hydrogen-bond acceptors (Lipinski definition) is 3. The highest BCUT2D eigenvalue weighted by Crippen LogP contribution is 2.25. The number of para-hydroxylation sites is 3. The van der Waals surface area contributed by atoms with Crippen molar-refractivity contribution >= 4 is 38.6 Å². The number of benzene rings is 2. The number of aryl methyl sites for hydroxylation is 2. The molecule has 3 aromatic heterocycles. The molecule has 0 bridgehead atoms. The summed E-state index contributed by atoms with van der Waals surface area (Å²) in [6.45, 7) is 2.17. The molecule has 5 heteroatoms. The second kappa shape index (κ2) is 5.91. The van der Waals surface area contributed by atoms with Crippen molar-refractivity contribution < 1.29 is 0 Å². The Morgan fingerprint density at radius 2 is 1.67 bits per heavy atom. The van der Waals surface area contributed by atoms with E-state index < -0.39 is 0 Å². The first-order valence-corrected chi connectivity index (χ1v) is 9.38. The van der Waals surface area contributed by atoms with E-state index in [1.165, 1.54) is 0 Å². The van der Waals surface area contributed by atoms with Gasteiger partial charge in [-0.05, 0) is 30.7 Å². The maximum absolute atomic E-state index is 13.3. The number of imidazole rings is 1. The smallest absolute Gasteiger partial charge is 0.202 e. The molecule has 5 rings (SSSR count). The van der Waals surface area contributed by atoms with E-state index >= 15 is 0 Å². The van der Waals surface area contributed by atoms with Crippen LogP contribution in [0.1, 0.15) is 25.6 Å². The maximum atomic E-state index is 13.3. The van der Waals surface area contributed by atoms with Crippen LogP contribution in [-0.4, -0.2) is 18.9 Å². The van der Waals surface area contributed by atoms with Crippen molar-refractivity contribution in [2.45, 2.75) is 26.2 Å². The zero-order valence-electron chi connectivity index (χ0n) is 15.4. The topological polar surface area (TPSA) is 52.2 Å². The Kier molecular flexibility index (Phi) is 3.50. The van der Waals surface area contributed by atoms with E-state index in [9.17, 15) is 4.79 Å². The predicted octanol–water partition coefficient (Wildman–Crippen LogP) is 4.23. The molecule has 134 valence electrons. The van der Waals surface area contributed by atoms with Crippen molar-refractivity contribution in [3.8, 4) is 0 Å². The Labute approximate surface area is 155 Å². The lowest BCUT2D eigenvalue weighted by Crippen LogP contribution is -2.14. The van der Waals surface area contributed by atoms with Crippen LogP contribution in [0.2, 0.25) is 0 Å². The second-order valence-electron chi connectivity index (χ2n) is 7.00. The summed E-state index contributed by atoms with van der Waals surface area (Å²) < 4.78 is 4.09. The standard InChI is InChI=1S/C22H20N4O/c1-3-4-13-18-24-21-19(20(27)14-9-5-7-11-16(14)25(21)2)22-23-15-10-6-8-12-17(15)26(18)22/h5-12H,3-4,13H2,1-2H3. The Morgan fingerprint density at radius 1 is 0.926 bits per heavy atom. The van der Waals surface area contributed by atoms with Crippen LogP contribution in [0.15, 0.2) is 53.3 Å².